The van der Waals surface area contributed by atoms with Gasteiger partial charge in [-0.25, -0.2) is 4.79 Å². The predicted octanol–water partition coefficient (Wildman–Crippen LogP) is 0.209. The zero-order valence-corrected chi connectivity index (χ0v) is 6.43. The van der Waals surface area contributed by atoms with E-state index in [1.54, 1.807) is 15.9 Å². The Morgan fingerprint density at radius 1 is 1.80 bits per heavy atom. The Kier molecular flexibility index (Phi) is 2.39. The number of methoxy groups -OCH3 is 1. The highest BCUT2D eigenvalue weighted by Gasteiger charge is 2.07. The largest absolute Gasteiger partial charge is 0.464 e. The number of hydrogen-bond acceptors (Lipinski definition) is 3. The van der Waals surface area contributed by atoms with E-state index >= 15 is 0 Å². The lowest BCUT2D eigenvalue weighted by Gasteiger charge is -1.89. The van der Waals surface area contributed by atoms with Gasteiger partial charge in [0.05, 0.1) is 12.5 Å². The molecule has 4 heteroatoms. The van der Waals surface area contributed by atoms with Crippen LogP contribution in [0.3, 0.4) is 0 Å². The first-order valence-corrected chi connectivity index (χ1v) is 3.75. The van der Waals surface area contributed by atoms with Gasteiger partial charge >= 0.3 is 5.97 Å². The maximum Gasteiger partial charge on any atom is 0.372 e. The standard InChI is InChI=1S/C6H8NO2S/c1-9-6(8)4-7-2-3-10-5-7/h2-3,5H,4H2,1H3/q+1. The number of rotatable bonds is 2. The number of thiazole rings is 1. The molecule has 10 heavy (non-hydrogen) atoms. The van der Waals surface area contributed by atoms with Gasteiger partial charge in [-0.2, -0.15) is 4.57 Å². The monoisotopic (exact) mass is 158 g/mol. The maximum atomic E-state index is 10.6. The summed E-state index contributed by atoms with van der Waals surface area (Å²) in [6, 6.07) is 0. The van der Waals surface area contributed by atoms with Crippen molar-refractivity contribution in [1.82, 2.24) is 0 Å². The maximum absolute atomic E-state index is 10.6. The first kappa shape index (κ1) is 7.21. The highest BCUT2D eigenvalue weighted by molar-refractivity contribution is 7.07. The van der Waals surface area contributed by atoms with Crippen molar-refractivity contribution in [1.29, 1.82) is 0 Å². The molecule has 0 fully saturated rings. The molecule has 0 N–H and O–H groups in total. The normalized spacial score (nSPS) is 9.30. The van der Waals surface area contributed by atoms with E-state index in [9.17, 15) is 4.79 Å². The third-order valence-electron chi connectivity index (χ3n) is 1.07. The fraction of sp³-hybridized carbons (Fsp3) is 0.333. The van der Waals surface area contributed by atoms with Crippen molar-refractivity contribution in [2.45, 2.75) is 6.54 Å². The summed E-state index contributed by atoms with van der Waals surface area (Å²) in [7, 11) is 1.38. The van der Waals surface area contributed by atoms with E-state index in [2.05, 4.69) is 4.74 Å². The Morgan fingerprint density at radius 2 is 2.60 bits per heavy atom. The molecule has 1 heterocycles. The lowest BCUT2D eigenvalue weighted by molar-refractivity contribution is -0.681. The molecule has 0 unspecified atom stereocenters. The third-order valence-corrected chi connectivity index (χ3v) is 1.74. The van der Waals surface area contributed by atoms with Crippen LogP contribution >= 0.6 is 11.3 Å². The Bertz CT molecular complexity index is 208. The molecule has 0 saturated carbocycles. The van der Waals surface area contributed by atoms with Gasteiger partial charge in [0.25, 0.3) is 0 Å². The lowest BCUT2D eigenvalue weighted by atomic mass is 10.6. The van der Waals surface area contributed by atoms with Crippen molar-refractivity contribution in [3.63, 3.8) is 0 Å². The third kappa shape index (κ3) is 1.80. The van der Waals surface area contributed by atoms with Crippen molar-refractivity contribution < 1.29 is 14.1 Å². The summed E-state index contributed by atoms with van der Waals surface area (Å²) in [6.45, 7) is 0.306. The van der Waals surface area contributed by atoms with Crippen LogP contribution < -0.4 is 4.57 Å². The van der Waals surface area contributed by atoms with Gasteiger partial charge in [-0.1, -0.05) is 11.3 Å². The summed E-state index contributed by atoms with van der Waals surface area (Å²) >= 11 is 1.55. The Labute approximate surface area is 62.9 Å². The van der Waals surface area contributed by atoms with Crippen molar-refractivity contribution in [3.8, 4) is 0 Å². The number of ether oxygens (including phenoxy) is 1. The minimum Gasteiger partial charge on any atom is -0.464 e. The molecule has 1 aromatic heterocycles. The molecule has 0 spiro atoms. The van der Waals surface area contributed by atoms with Gasteiger partial charge in [0, 0.05) is 0 Å². The first-order valence-electron chi connectivity index (χ1n) is 2.81. The fourth-order valence-electron chi connectivity index (χ4n) is 0.565. The van der Waals surface area contributed by atoms with Crippen molar-refractivity contribution in [2.24, 2.45) is 0 Å². The van der Waals surface area contributed by atoms with Crippen molar-refractivity contribution >= 4 is 17.3 Å². The Morgan fingerprint density at radius 3 is 3.10 bits per heavy atom. The van der Waals surface area contributed by atoms with Crippen LogP contribution in [0.1, 0.15) is 0 Å². The number of carbonyl (C=O) groups is 1. The quantitative estimate of drug-likeness (QED) is 0.455. The molecule has 0 saturated heterocycles. The second-order valence-corrected chi connectivity index (χ2v) is 2.53. The van der Waals surface area contributed by atoms with Crippen LogP contribution in [0.4, 0.5) is 0 Å². The highest BCUT2D eigenvalue weighted by atomic mass is 32.1. The van der Waals surface area contributed by atoms with Gasteiger partial charge in [0.15, 0.2) is 6.20 Å². The topological polar surface area (TPSA) is 30.2 Å². The van der Waals surface area contributed by atoms with E-state index in [1.807, 2.05) is 17.1 Å². The summed E-state index contributed by atoms with van der Waals surface area (Å²) in [5.41, 5.74) is 1.86. The van der Waals surface area contributed by atoms with E-state index in [0.717, 1.165) is 0 Å². The molecular weight excluding hydrogens is 150 g/mol. The van der Waals surface area contributed by atoms with Gasteiger partial charge in [0.2, 0.25) is 12.1 Å². The predicted molar refractivity (Wildman–Crippen MR) is 36.5 cm³/mol. The molecule has 0 amide bonds. The number of aromatic nitrogens is 1. The van der Waals surface area contributed by atoms with E-state index in [4.69, 9.17) is 0 Å². The van der Waals surface area contributed by atoms with Crippen LogP contribution in [0.5, 0.6) is 0 Å². The first-order chi connectivity index (χ1) is 4.83. The second-order valence-electron chi connectivity index (χ2n) is 1.78. The van der Waals surface area contributed by atoms with Crippen LogP contribution in [0.15, 0.2) is 17.1 Å². The van der Waals surface area contributed by atoms with E-state index in [-0.39, 0.29) is 5.97 Å². The smallest absolute Gasteiger partial charge is 0.372 e. The van der Waals surface area contributed by atoms with Crippen LogP contribution in [0.2, 0.25) is 0 Å². The molecule has 0 aliphatic carbocycles. The SMILES string of the molecule is COC(=O)C[n+]1ccsc1. The second kappa shape index (κ2) is 3.31. The minimum atomic E-state index is -0.219. The van der Waals surface area contributed by atoms with E-state index in [1.165, 1.54) is 7.11 Å². The molecule has 1 rings (SSSR count). The van der Waals surface area contributed by atoms with Crippen LogP contribution in [0.25, 0.3) is 0 Å². The van der Waals surface area contributed by atoms with Crippen LogP contribution in [-0.4, -0.2) is 13.1 Å². The summed E-state index contributed by atoms with van der Waals surface area (Å²) in [6.07, 6.45) is 1.83. The van der Waals surface area contributed by atoms with Gasteiger partial charge in [-0.05, 0) is 0 Å². The Hall–Kier alpha value is -0.900. The molecule has 0 bridgehead atoms. The van der Waals surface area contributed by atoms with Crippen LogP contribution in [0, 0.1) is 0 Å². The van der Waals surface area contributed by atoms with Gasteiger partial charge in [-0.3, -0.25) is 0 Å². The highest BCUT2D eigenvalue weighted by Crippen LogP contribution is 1.87. The number of esters is 1. The lowest BCUT2D eigenvalue weighted by Crippen LogP contribution is -2.35. The van der Waals surface area contributed by atoms with Crippen molar-refractivity contribution in [3.05, 3.63) is 17.1 Å². The molecule has 3 nitrogen and oxygen atoms in total. The average Bonchev–Trinajstić information content (AvgIpc) is 2.40. The van der Waals surface area contributed by atoms with E-state index in [0.29, 0.717) is 6.54 Å². The molecule has 0 radical (unpaired) electrons. The minimum absolute atomic E-state index is 0.219. The molecule has 1 aromatic rings. The Balaban J connectivity index is 2.48. The molecule has 54 valence electrons. The van der Waals surface area contributed by atoms with Gasteiger partial charge < -0.3 is 4.74 Å². The van der Waals surface area contributed by atoms with Crippen LogP contribution in [-0.2, 0) is 16.1 Å². The molecule has 0 aliphatic heterocycles. The van der Waals surface area contributed by atoms with E-state index < -0.39 is 0 Å². The molecular formula is C6H8NO2S+. The van der Waals surface area contributed by atoms with Crippen molar-refractivity contribution in [2.75, 3.05) is 7.11 Å². The summed E-state index contributed by atoms with van der Waals surface area (Å²) in [5.74, 6) is -0.219. The average molecular weight is 158 g/mol. The summed E-state index contributed by atoms with van der Waals surface area (Å²) in [5, 5.41) is 1.91. The number of hydrogen-bond donors (Lipinski definition) is 0. The summed E-state index contributed by atoms with van der Waals surface area (Å²) < 4.78 is 6.24. The van der Waals surface area contributed by atoms with Gasteiger partial charge in [0.1, 0.15) is 0 Å². The molecule has 0 aliphatic rings. The summed E-state index contributed by atoms with van der Waals surface area (Å²) in [4.78, 5) is 10.6. The molecule has 0 aromatic carbocycles. The molecule has 0 atom stereocenters. The number of nitrogens with zero attached hydrogens (tertiary/aromatic N) is 1. The zero-order valence-electron chi connectivity index (χ0n) is 5.61. The fourth-order valence-corrected chi connectivity index (χ4v) is 1.16. The number of carbonyl (C=O) groups excluding carboxylic acids is 1. The van der Waals surface area contributed by atoms with Gasteiger partial charge in [-0.15, -0.1) is 0 Å². The zero-order chi connectivity index (χ0) is 7.40.